The van der Waals surface area contributed by atoms with Crippen molar-refractivity contribution in [3.05, 3.63) is 17.6 Å². The summed E-state index contributed by atoms with van der Waals surface area (Å²) in [5, 5.41) is 0. The minimum Gasteiger partial charge on any atom is -0.465 e. The number of ether oxygens (including phenoxy) is 2. The van der Waals surface area contributed by atoms with Crippen LogP contribution in [-0.4, -0.2) is 54.2 Å². The van der Waals surface area contributed by atoms with E-state index < -0.39 is 5.97 Å². The molecule has 1 atom stereocenters. The van der Waals surface area contributed by atoms with Crippen LogP contribution in [0, 0.1) is 0 Å². The molecular weight excluding hydrogens is 248 g/mol. The van der Waals surface area contributed by atoms with E-state index in [9.17, 15) is 4.79 Å². The first-order valence-electron chi connectivity index (χ1n) is 6.20. The summed E-state index contributed by atoms with van der Waals surface area (Å²) < 4.78 is 10.2. The van der Waals surface area contributed by atoms with Gasteiger partial charge < -0.3 is 15.2 Å². The summed E-state index contributed by atoms with van der Waals surface area (Å²) in [5.41, 5.74) is 5.93. The van der Waals surface area contributed by atoms with E-state index in [-0.39, 0.29) is 17.5 Å². The third-order valence-corrected chi connectivity index (χ3v) is 3.13. The molecule has 1 aromatic heterocycles. The third-order valence-electron chi connectivity index (χ3n) is 3.13. The van der Waals surface area contributed by atoms with Crippen molar-refractivity contribution in [2.24, 2.45) is 0 Å². The van der Waals surface area contributed by atoms with Gasteiger partial charge in [0.15, 0.2) is 5.82 Å². The molecule has 2 rings (SSSR count). The molecule has 2 heterocycles. The maximum Gasteiger partial charge on any atom is 0.343 e. The summed E-state index contributed by atoms with van der Waals surface area (Å²) in [5.74, 6) is 0.0844. The predicted octanol–water partition coefficient (Wildman–Crippen LogP) is 0.239. The zero-order chi connectivity index (χ0) is 13.8. The summed E-state index contributed by atoms with van der Waals surface area (Å²) >= 11 is 0. The normalized spacial score (nSPS) is 20.2. The molecule has 1 unspecified atom stereocenters. The highest BCUT2D eigenvalue weighted by Gasteiger charge is 2.24. The van der Waals surface area contributed by atoms with Crippen molar-refractivity contribution in [1.29, 1.82) is 0 Å². The van der Waals surface area contributed by atoms with Gasteiger partial charge in [0.25, 0.3) is 0 Å². The van der Waals surface area contributed by atoms with Crippen molar-refractivity contribution in [3.8, 4) is 0 Å². The van der Waals surface area contributed by atoms with E-state index >= 15 is 0 Å². The molecule has 0 bridgehead atoms. The Morgan fingerprint density at radius 1 is 1.68 bits per heavy atom. The van der Waals surface area contributed by atoms with Gasteiger partial charge in [-0.15, -0.1) is 0 Å². The van der Waals surface area contributed by atoms with E-state index in [4.69, 9.17) is 10.5 Å². The highest BCUT2D eigenvalue weighted by molar-refractivity contribution is 5.93. The number of rotatable bonds is 3. The first-order chi connectivity index (χ1) is 9.15. The molecule has 1 aliphatic rings. The molecule has 1 aliphatic heterocycles. The van der Waals surface area contributed by atoms with Crippen LogP contribution in [0.3, 0.4) is 0 Å². The molecule has 7 nitrogen and oxygen atoms in total. The maximum atomic E-state index is 11.4. The summed E-state index contributed by atoms with van der Waals surface area (Å²) in [6.07, 6.45) is 1.18. The van der Waals surface area contributed by atoms with E-state index in [0.717, 1.165) is 19.6 Å². The van der Waals surface area contributed by atoms with Gasteiger partial charge in [0.05, 0.1) is 13.7 Å². The number of hydrogen-bond donors (Lipinski definition) is 1. The Bertz CT molecular complexity index is 466. The minimum absolute atomic E-state index is 0.120. The highest BCUT2D eigenvalue weighted by atomic mass is 16.5. The Kier molecular flexibility index (Phi) is 4.28. The van der Waals surface area contributed by atoms with Crippen LogP contribution in [0.4, 0.5) is 5.82 Å². The van der Waals surface area contributed by atoms with Crippen LogP contribution in [-0.2, 0) is 9.47 Å². The third kappa shape index (κ3) is 2.99. The van der Waals surface area contributed by atoms with Crippen molar-refractivity contribution in [2.75, 3.05) is 39.1 Å². The van der Waals surface area contributed by atoms with Gasteiger partial charge in [-0.2, -0.15) is 0 Å². The van der Waals surface area contributed by atoms with Gasteiger partial charge in [-0.3, -0.25) is 4.90 Å². The largest absolute Gasteiger partial charge is 0.465 e. The quantitative estimate of drug-likeness (QED) is 0.783. The topological polar surface area (TPSA) is 90.6 Å². The lowest BCUT2D eigenvalue weighted by atomic mass is 10.2. The average molecular weight is 266 g/mol. The van der Waals surface area contributed by atoms with E-state index in [1.165, 1.54) is 13.3 Å². The number of carbonyl (C=O) groups excluding carboxylic acids is 1. The fraction of sp³-hybridized carbons (Fsp3) is 0.583. The molecule has 2 N–H and O–H groups in total. The standard InChI is InChI=1S/C12H18N4O3/c1-3-16-4-5-19-9(7-16)11-14-6-8(10(13)15-11)12(17)18-2/h6,9H,3-5,7H2,1-2H3,(H2,13,14,15). The van der Waals surface area contributed by atoms with Crippen LogP contribution in [0.2, 0.25) is 0 Å². The number of methoxy groups -OCH3 is 1. The van der Waals surface area contributed by atoms with Crippen LogP contribution in [0.25, 0.3) is 0 Å². The first kappa shape index (κ1) is 13.7. The highest BCUT2D eigenvalue weighted by Crippen LogP contribution is 2.20. The van der Waals surface area contributed by atoms with Gasteiger partial charge >= 0.3 is 5.97 Å². The Hall–Kier alpha value is -1.73. The van der Waals surface area contributed by atoms with Gasteiger partial charge in [-0.05, 0) is 6.54 Å². The second kappa shape index (κ2) is 5.94. The van der Waals surface area contributed by atoms with Crippen molar-refractivity contribution < 1.29 is 14.3 Å². The fourth-order valence-corrected chi connectivity index (χ4v) is 1.98. The van der Waals surface area contributed by atoms with Gasteiger partial charge in [-0.25, -0.2) is 14.8 Å². The Morgan fingerprint density at radius 2 is 2.47 bits per heavy atom. The van der Waals surface area contributed by atoms with Crippen molar-refractivity contribution in [3.63, 3.8) is 0 Å². The summed E-state index contributed by atoms with van der Waals surface area (Å²) in [4.78, 5) is 22.0. The lowest BCUT2D eigenvalue weighted by molar-refractivity contribution is -0.0325. The summed E-state index contributed by atoms with van der Waals surface area (Å²) in [7, 11) is 1.29. The number of nitrogens with two attached hydrogens (primary N) is 1. The van der Waals surface area contributed by atoms with E-state index in [1.54, 1.807) is 0 Å². The van der Waals surface area contributed by atoms with Crippen LogP contribution in [0.5, 0.6) is 0 Å². The predicted molar refractivity (Wildman–Crippen MR) is 68.6 cm³/mol. The molecule has 0 aromatic carbocycles. The molecule has 1 fully saturated rings. The van der Waals surface area contributed by atoms with E-state index in [2.05, 4.69) is 26.5 Å². The smallest absolute Gasteiger partial charge is 0.343 e. The molecule has 0 radical (unpaired) electrons. The second-order valence-corrected chi connectivity index (χ2v) is 4.27. The van der Waals surface area contributed by atoms with Gasteiger partial charge in [0, 0.05) is 19.3 Å². The maximum absolute atomic E-state index is 11.4. The molecule has 1 aromatic rings. The zero-order valence-electron chi connectivity index (χ0n) is 11.1. The lowest BCUT2D eigenvalue weighted by Gasteiger charge is -2.31. The molecule has 0 spiro atoms. The second-order valence-electron chi connectivity index (χ2n) is 4.27. The lowest BCUT2D eigenvalue weighted by Crippen LogP contribution is -2.38. The van der Waals surface area contributed by atoms with Gasteiger partial charge in [0.2, 0.25) is 0 Å². The number of aromatic nitrogens is 2. The van der Waals surface area contributed by atoms with Crippen molar-refractivity contribution >= 4 is 11.8 Å². The van der Waals surface area contributed by atoms with Crippen LogP contribution in [0.15, 0.2) is 6.20 Å². The van der Waals surface area contributed by atoms with E-state index in [1.807, 2.05) is 0 Å². The zero-order valence-corrected chi connectivity index (χ0v) is 11.1. The van der Waals surface area contributed by atoms with Crippen LogP contribution in [0.1, 0.15) is 29.2 Å². The molecule has 0 amide bonds. The number of carbonyl (C=O) groups is 1. The number of nitrogens with zero attached hydrogens (tertiary/aromatic N) is 3. The number of likely N-dealkylation sites (N-methyl/N-ethyl adjacent to an activating group) is 1. The molecule has 0 aliphatic carbocycles. The first-order valence-corrected chi connectivity index (χ1v) is 6.20. The van der Waals surface area contributed by atoms with Crippen LogP contribution < -0.4 is 5.73 Å². The number of esters is 1. The van der Waals surface area contributed by atoms with Crippen LogP contribution >= 0.6 is 0 Å². The monoisotopic (exact) mass is 266 g/mol. The van der Waals surface area contributed by atoms with Crippen molar-refractivity contribution in [2.45, 2.75) is 13.0 Å². The number of morpholine rings is 1. The Morgan fingerprint density at radius 3 is 3.11 bits per heavy atom. The summed E-state index contributed by atoms with van der Waals surface area (Å²) in [6.45, 7) is 5.32. The Balaban J connectivity index is 2.17. The van der Waals surface area contributed by atoms with Gasteiger partial charge in [0.1, 0.15) is 17.5 Å². The van der Waals surface area contributed by atoms with Crippen molar-refractivity contribution in [1.82, 2.24) is 14.9 Å². The molecule has 7 heteroatoms. The minimum atomic E-state index is -0.538. The number of anilines is 1. The van der Waals surface area contributed by atoms with E-state index in [0.29, 0.717) is 12.4 Å². The van der Waals surface area contributed by atoms with Gasteiger partial charge in [-0.1, -0.05) is 6.92 Å². The Labute approximate surface area is 111 Å². The molecule has 19 heavy (non-hydrogen) atoms. The molecule has 1 saturated heterocycles. The fourth-order valence-electron chi connectivity index (χ4n) is 1.98. The summed E-state index contributed by atoms with van der Waals surface area (Å²) in [6, 6.07) is 0. The molecule has 0 saturated carbocycles. The number of nitrogen functional groups attached to an aromatic ring is 1. The average Bonchev–Trinajstić information content (AvgIpc) is 2.46. The SMILES string of the molecule is CCN1CCOC(c2ncc(C(=O)OC)c(N)n2)C1. The number of hydrogen-bond acceptors (Lipinski definition) is 7. The molecular formula is C12H18N4O3. The molecule has 104 valence electrons.